The van der Waals surface area contributed by atoms with E-state index in [0.29, 0.717) is 5.69 Å². The summed E-state index contributed by atoms with van der Waals surface area (Å²) in [7, 11) is 0. The second kappa shape index (κ2) is 4.96. The van der Waals surface area contributed by atoms with Crippen molar-refractivity contribution in [3.05, 3.63) is 30.1 Å². The fraction of sp³-hybridized carbons (Fsp3) is 0.400. The smallest absolute Gasteiger partial charge is 0.456 e. The summed E-state index contributed by atoms with van der Waals surface area (Å²) in [5, 5.41) is 0. The number of aromatic nitrogens is 1. The highest BCUT2D eigenvalue weighted by Gasteiger charge is 2.41. The van der Waals surface area contributed by atoms with E-state index in [9.17, 15) is 18.0 Å². The van der Waals surface area contributed by atoms with Gasteiger partial charge in [-0.3, -0.25) is 4.98 Å². The molecule has 3 nitrogen and oxygen atoms in total. The van der Waals surface area contributed by atoms with Crippen LogP contribution in [0.4, 0.5) is 13.2 Å². The third-order valence-corrected chi connectivity index (χ3v) is 1.76. The molecule has 0 N–H and O–H groups in total. The third-order valence-electron chi connectivity index (χ3n) is 1.76. The highest BCUT2D eigenvalue weighted by Crippen LogP contribution is 2.18. The maximum absolute atomic E-state index is 11.9. The predicted octanol–water partition coefficient (Wildman–Crippen LogP) is 2.12. The van der Waals surface area contributed by atoms with Gasteiger partial charge in [0.05, 0.1) is 0 Å². The normalized spacial score (nSPS) is 13.2. The molecule has 0 saturated heterocycles. The summed E-state index contributed by atoms with van der Waals surface area (Å²) in [5.41, 5.74) is 0.574. The van der Waals surface area contributed by atoms with E-state index in [1.807, 2.05) is 0 Å². The Morgan fingerprint density at radius 1 is 1.50 bits per heavy atom. The lowest BCUT2D eigenvalue weighted by atomic mass is 10.2. The van der Waals surface area contributed by atoms with Gasteiger partial charge in [-0.1, -0.05) is 6.07 Å². The summed E-state index contributed by atoms with van der Waals surface area (Å²) in [5.74, 6) is -2.17. The Kier molecular flexibility index (Phi) is 3.87. The number of hydrogen-bond acceptors (Lipinski definition) is 3. The van der Waals surface area contributed by atoms with Crippen molar-refractivity contribution in [2.24, 2.45) is 0 Å². The van der Waals surface area contributed by atoms with Crippen LogP contribution in [0.3, 0.4) is 0 Å². The molecule has 0 aliphatic rings. The fourth-order valence-electron chi connectivity index (χ4n) is 1.10. The van der Waals surface area contributed by atoms with Crippen LogP contribution in [-0.2, 0) is 16.0 Å². The first-order chi connectivity index (χ1) is 7.39. The highest BCUT2D eigenvalue weighted by molar-refractivity contribution is 5.75. The average Bonchev–Trinajstić information content (AvgIpc) is 2.17. The zero-order valence-corrected chi connectivity index (χ0v) is 8.49. The van der Waals surface area contributed by atoms with Gasteiger partial charge in [0.15, 0.2) is 0 Å². The molecule has 1 atom stereocenters. The number of nitrogens with zero attached hydrogens (tertiary/aromatic N) is 1. The first kappa shape index (κ1) is 12.5. The molecule has 0 bridgehead atoms. The van der Waals surface area contributed by atoms with E-state index in [0.717, 1.165) is 0 Å². The quantitative estimate of drug-likeness (QED) is 0.750. The number of alkyl halides is 3. The van der Waals surface area contributed by atoms with Crippen LogP contribution in [0.15, 0.2) is 24.4 Å². The largest absolute Gasteiger partial charge is 0.490 e. The molecule has 0 spiro atoms. The van der Waals surface area contributed by atoms with Crippen molar-refractivity contribution in [1.82, 2.24) is 4.98 Å². The van der Waals surface area contributed by atoms with Crippen LogP contribution in [0.25, 0.3) is 0 Å². The van der Waals surface area contributed by atoms with Gasteiger partial charge in [-0.2, -0.15) is 13.2 Å². The first-order valence-electron chi connectivity index (χ1n) is 4.57. The van der Waals surface area contributed by atoms with Gasteiger partial charge in [0.25, 0.3) is 0 Å². The highest BCUT2D eigenvalue weighted by atomic mass is 19.4. The summed E-state index contributed by atoms with van der Waals surface area (Å²) in [6.45, 7) is 1.39. The van der Waals surface area contributed by atoms with Gasteiger partial charge in [-0.25, -0.2) is 4.79 Å². The standard InChI is InChI=1S/C10H10F3NO2/c1-7(16-9(15)10(11,12)13)6-8-4-2-3-5-14-8/h2-5,7H,6H2,1H3. The Bertz CT molecular complexity index is 351. The number of esters is 1. The SMILES string of the molecule is CC(Cc1ccccn1)OC(=O)C(F)(F)F. The van der Waals surface area contributed by atoms with Crippen molar-refractivity contribution in [2.75, 3.05) is 0 Å². The van der Waals surface area contributed by atoms with E-state index in [-0.39, 0.29) is 6.42 Å². The zero-order chi connectivity index (χ0) is 12.2. The lowest BCUT2D eigenvalue weighted by Crippen LogP contribution is -2.29. The maximum Gasteiger partial charge on any atom is 0.490 e. The average molecular weight is 233 g/mol. The van der Waals surface area contributed by atoms with Crippen molar-refractivity contribution in [2.45, 2.75) is 25.6 Å². The Hall–Kier alpha value is -1.59. The topological polar surface area (TPSA) is 39.2 Å². The van der Waals surface area contributed by atoms with Gasteiger partial charge in [0.1, 0.15) is 6.10 Å². The molecule has 1 aromatic rings. The molecule has 0 aliphatic heterocycles. The van der Waals surface area contributed by atoms with Gasteiger partial charge in [0, 0.05) is 18.3 Å². The lowest BCUT2D eigenvalue weighted by molar-refractivity contribution is -0.204. The molecule has 1 rings (SSSR count). The van der Waals surface area contributed by atoms with Gasteiger partial charge >= 0.3 is 12.1 Å². The Morgan fingerprint density at radius 3 is 2.69 bits per heavy atom. The van der Waals surface area contributed by atoms with E-state index in [4.69, 9.17) is 0 Å². The number of ether oxygens (including phenoxy) is 1. The van der Waals surface area contributed by atoms with Crippen molar-refractivity contribution in [3.8, 4) is 0 Å². The van der Waals surface area contributed by atoms with Crippen molar-refractivity contribution >= 4 is 5.97 Å². The van der Waals surface area contributed by atoms with Crippen LogP contribution in [0.2, 0.25) is 0 Å². The second-order valence-electron chi connectivity index (χ2n) is 3.24. The van der Waals surface area contributed by atoms with E-state index >= 15 is 0 Å². The molecular weight excluding hydrogens is 223 g/mol. The number of pyridine rings is 1. The summed E-state index contributed by atoms with van der Waals surface area (Å²) in [6, 6.07) is 5.05. The van der Waals surface area contributed by atoms with Crippen molar-refractivity contribution in [3.63, 3.8) is 0 Å². The van der Waals surface area contributed by atoms with Crippen LogP contribution in [0, 0.1) is 0 Å². The second-order valence-corrected chi connectivity index (χ2v) is 3.24. The fourth-order valence-corrected chi connectivity index (χ4v) is 1.10. The number of carbonyl (C=O) groups is 1. The van der Waals surface area contributed by atoms with Crippen molar-refractivity contribution < 1.29 is 22.7 Å². The number of rotatable bonds is 3. The molecule has 6 heteroatoms. The van der Waals surface area contributed by atoms with E-state index in [2.05, 4.69) is 9.72 Å². The molecular formula is C10H10F3NO2. The van der Waals surface area contributed by atoms with E-state index < -0.39 is 18.2 Å². The third kappa shape index (κ3) is 3.88. The maximum atomic E-state index is 11.9. The Labute approximate surface area is 90.2 Å². The van der Waals surface area contributed by atoms with Crippen LogP contribution in [0.5, 0.6) is 0 Å². The summed E-state index contributed by atoms with van der Waals surface area (Å²) in [4.78, 5) is 14.4. The Balaban J connectivity index is 2.49. The molecule has 16 heavy (non-hydrogen) atoms. The van der Waals surface area contributed by atoms with Crippen LogP contribution < -0.4 is 0 Å². The van der Waals surface area contributed by atoms with E-state index in [1.54, 1.807) is 18.2 Å². The van der Waals surface area contributed by atoms with Crippen LogP contribution in [0.1, 0.15) is 12.6 Å². The minimum atomic E-state index is -4.95. The summed E-state index contributed by atoms with van der Waals surface area (Å²) >= 11 is 0. The van der Waals surface area contributed by atoms with Gasteiger partial charge in [-0.05, 0) is 19.1 Å². The van der Waals surface area contributed by atoms with Crippen molar-refractivity contribution in [1.29, 1.82) is 0 Å². The predicted molar refractivity (Wildman–Crippen MR) is 49.6 cm³/mol. The molecule has 0 fully saturated rings. The van der Waals surface area contributed by atoms with Crippen LogP contribution in [-0.4, -0.2) is 23.2 Å². The van der Waals surface area contributed by atoms with Gasteiger partial charge in [-0.15, -0.1) is 0 Å². The first-order valence-corrected chi connectivity index (χ1v) is 4.57. The Morgan fingerprint density at radius 2 is 2.19 bits per heavy atom. The monoisotopic (exact) mass is 233 g/mol. The minimum absolute atomic E-state index is 0.155. The molecule has 0 aliphatic carbocycles. The van der Waals surface area contributed by atoms with Gasteiger partial charge in [0.2, 0.25) is 0 Å². The molecule has 0 amide bonds. The summed E-state index contributed by atoms with van der Waals surface area (Å²) < 4.78 is 39.8. The summed E-state index contributed by atoms with van der Waals surface area (Å²) in [6.07, 6.45) is -4.13. The lowest BCUT2D eigenvalue weighted by Gasteiger charge is -2.13. The molecule has 1 aromatic heterocycles. The molecule has 88 valence electrons. The molecule has 0 radical (unpaired) electrons. The van der Waals surface area contributed by atoms with Gasteiger partial charge < -0.3 is 4.74 Å². The number of hydrogen-bond donors (Lipinski definition) is 0. The van der Waals surface area contributed by atoms with Crippen LogP contribution >= 0.6 is 0 Å². The van der Waals surface area contributed by atoms with E-state index in [1.165, 1.54) is 13.1 Å². The molecule has 1 unspecified atom stereocenters. The minimum Gasteiger partial charge on any atom is -0.456 e. The number of carbonyl (C=O) groups excluding carboxylic acids is 1. The molecule has 0 saturated carbocycles. The zero-order valence-electron chi connectivity index (χ0n) is 8.49. The molecule has 0 aromatic carbocycles. The molecule has 1 heterocycles. The number of halogens is 3.